The summed E-state index contributed by atoms with van der Waals surface area (Å²) in [6.45, 7) is 0. The Balaban J connectivity index is 1.95. The summed E-state index contributed by atoms with van der Waals surface area (Å²) in [5.41, 5.74) is 7.77. The van der Waals surface area contributed by atoms with Crippen LogP contribution in [0.3, 0.4) is 0 Å². The van der Waals surface area contributed by atoms with Crippen molar-refractivity contribution < 1.29 is 0 Å². The van der Waals surface area contributed by atoms with Crippen molar-refractivity contribution in [3.63, 3.8) is 0 Å². The summed E-state index contributed by atoms with van der Waals surface area (Å²) in [4.78, 5) is 4.26. The topological polar surface area (TPSA) is 56.7 Å². The molecule has 0 spiro atoms. The summed E-state index contributed by atoms with van der Waals surface area (Å²) < 4.78 is 2.01. The molecule has 1 aliphatic heterocycles. The molecule has 2 aromatic heterocycles. The molecule has 19 heavy (non-hydrogen) atoms. The second-order valence-corrected chi connectivity index (χ2v) is 6.16. The van der Waals surface area contributed by atoms with Gasteiger partial charge in [0.15, 0.2) is 0 Å². The lowest BCUT2D eigenvalue weighted by molar-refractivity contribution is 0.331. The van der Waals surface area contributed by atoms with Gasteiger partial charge in [-0.05, 0) is 41.9 Å². The molecule has 0 aliphatic carbocycles. The molecule has 2 aromatic rings. The van der Waals surface area contributed by atoms with E-state index in [4.69, 9.17) is 5.73 Å². The van der Waals surface area contributed by atoms with Crippen LogP contribution in [0.5, 0.6) is 0 Å². The van der Waals surface area contributed by atoms with E-state index < -0.39 is 0 Å². The van der Waals surface area contributed by atoms with Crippen LogP contribution in [-0.4, -0.2) is 26.3 Å². The predicted molar refractivity (Wildman–Crippen MR) is 79.1 cm³/mol. The molecule has 1 fully saturated rings. The molecule has 100 valence electrons. The number of thioether (sulfide) groups is 1. The van der Waals surface area contributed by atoms with Crippen LogP contribution in [-0.2, 0) is 0 Å². The lowest BCUT2D eigenvalue weighted by Gasteiger charge is -2.30. The highest BCUT2D eigenvalue weighted by atomic mass is 32.2. The van der Waals surface area contributed by atoms with Crippen LogP contribution < -0.4 is 5.73 Å². The van der Waals surface area contributed by atoms with Gasteiger partial charge in [-0.1, -0.05) is 6.07 Å². The zero-order chi connectivity index (χ0) is 13.1. The molecule has 4 nitrogen and oxygen atoms in total. The van der Waals surface area contributed by atoms with Crippen molar-refractivity contribution in [3.05, 3.63) is 42.5 Å². The minimum Gasteiger partial charge on any atom is -0.396 e. The first-order chi connectivity index (χ1) is 9.34. The Morgan fingerprint density at radius 1 is 1.32 bits per heavy atom. The molecule has 1 atom stereocenters. The van der Waals surface area contributed by atoms with Crippen LogP contribution >= 0.6 is 11.8 Å². The molecule has 0 saturated carbocycles. The highest BCUT2D eigenvalue weighted by molar-refractivity contribution is 7.99. The molecule has 1 saturated heterocycles. The standard InChI is InChI=1S/C14H18N4S/c15-13-9-17-18(10-13)14(11-3-6-19-7-4-11)12-2-1-5-16-8-12/h1-2,5,8-11,14H,3-4,6-7,15H2. The number of pyridine rings is 1. The van der Waals surface area contributed by atoms with E-state index >= 15 is 0 Å². The molecule has 5 heteroatoms. The van der Waals surface area contributed by atoms with Crippen LogP contribution in [0.1, 0.15) is 24.4 Å². The first kappa shape index (κ1) is 12.5. The number of aromatic nitrogens is 3. The average Bonchev–Trinajstić information content (AvgIpc) is 2.88. The largest absolute Gasteiger partial charge is 0.396 e. The van der Waals surface area contributed by atoms with Crippen molar-refractivity contribution in [1.82, 2.24) is 14.8 Å². The summed E-state index contributed by atoms with van der Waals surface area (Å²) in [6.07, 6.45) is 9.87. The summed E-state index contributed by atoms with van der Waals surface area (Å²) in [5.74, 6) is 3.08. The molecule has 0 amide bonds. The second kappa shape index (κ2) is 5.65. The molecular weight excluding hydrogens is 256 g/mol. The van der Waals surface area contributed by atoms with E-state index in [9.17, 15) is 0 Å². The van der Waals surface area contributed by atoms with Crippen molar-refractivity contribution >= 4 is 17.4 Å². The van der Waals surface area contributed by atoms with Gasteiger partial charge in [0.25, 0.3) is 0 Å². The average molecular weight is 274 g/mol. The van der Waals surface area contributed by atoms with Gasteiger partial charge in [0.05, 0.1) is 17.9 Å². The fourth-order valence-corrected chi connectivity index (χ4v) is 3.87. The van der Waals surface area contributed by atoms with E-state index in [1.165, 1.54) is 29.9 Å². The first-order valence-electron chi connectivity index (χ1n) is 6.62. The van der Waals surface area contributed by atoms with Gasteiger partial charge in [0.1, 0.15) is 0 Å². The van der Waals surface area contributed by atoms with Gasteiger partial charge < -0.3 is 5.73 Å². The summed E-state index contributed by atoms with van der Waals surface area (Å²) in [6, 6.07) is 4.39. The Morgan fingerprint density at radius 3 is 2.79 bits per heavy atom. The number of nitrogen functional groups attached to an aromatic ring is 1. The molecular formula is C14H18N4S. The minimum absolute atomic E-state index is 0.256. The molecule has 3 heterocycles. The zero-order valence-corrected chi connectivity index (χ0v) is 11.6. The fraction of sp³-hybridized carbons (Fsp3) is 0.429. The SMILES string of the molecule is Nc1cnn(C(c2cccnc2)C2CCSCC2)c1. The van der Waals surface area contributed by atoms with E-state index in [1.807, 2.05) is 41.1 Å². The Kier molecular flexibility index (Phi) is 3.73. The number of hydrogen-bond donors (Lipinski definition) is 1. The lowest BCUT2D eigenvalue weighted by Crippen LogP contribution is -2.25. The van der Waals surface area contributed by atoms with Crippen LogP contribution in [0.2, 0.25) is 0 Å². The molecule has 1 unspecified atom stereocenters. The van der Waals surface area contributed by atoms with Gasteiger partial charge in [-0.3, -0.25) is 9.67 Å². The maximum atomic E-state index is 5.82. The molecule has 0 bridgehead atoms. The lowest BCUT2D eigenvalue weighted by atomic mass is 9.89. The summed E-state index contributed by atoms with van der Waals surface area (Å²) in [7, 11) is 0. The third-order valence-electron chi connectivity index (χ3n) is 3.64. The maximum Gasteiger partial charge on any atom is 0.0812 e. The Hall–Kier alpha value is -1.49. The number of anilines is 1. The van der Waals surface area contributed by atoms with Gasteiger partial charge in [0.2, 0.25) is 0 Å². The zero-order valence-electron chi connectivity index (χ0n) is 10.8. The smallest absolute Gasteiger partial charge is 0.0812 e. The highest BCUT2D eigenvalue weighted by Gasteiger charge is 2.27. The maximum absolute atomic E-state index is 5.82. The van der Waals surface area contributed by atoms with E-state index in [1.54, 1.807) is 6.20 Å². The Bertz CT molecular complexity index is 519. The van der Waals surface area contributed by atoms with E-state index in [2.05, 4.69) is 16.1 Å². The van der Waals surface area contributed by atoms with E-state index in [0.717, 1.165) is 5.69 Å². The molecule has 0 aromatic carbocycles. The quantitative estimate of drug-likeness (QED) is 0.934. The van der Waals surface area contributed by atoms with Crippen LogP contribution in [0, 0.1) is 5.92 Å². The Morgan fingerprint density at radius 2 is 2.16 bits per heavy atom. The minimum atomic E-state index is 0.256. The monoisotopic (exact) mass is 274 g/mol. The van der Waals surface area contributed by atoms with Crippen molar-refractivity contribution in [2.75, 3.05) is 17.2 Å². The number of nitrogens with zero attached hydrogens (tertiary/aromatic N) is 3. The van der Waals surface area contributed by atoms with Gasteiger partial charge >= 0.3 is 0 Å². The number of hydrogen-bond acceptors (Lipinski definition) is 4. The van der Waals surface area contributed by atoms with Gasteiger partial charge in [-0.25, -0.2) is 0 Å². The van der Waals surface area contributed by atoms with Crippen LogP contribution in [0.25, 0.3) is 0 Å². The predicted octanol–water partition coefficient (Wildman–Crippen LogP) is 2.59. The van der Waals surface area contributed by atoms with Crippen molar-refractivity contribution in [3.8, 4) is 0 Å². The van der Waals surface area contributed by atoms with Gasteiger partial charge in [0, 0.05) is 18.6 Å². The van der Waals surface area contributed by atoms with Crippen LogP contribution in [0.15, 0.2) is 36.9 Å². The van der Waals surface area contributed by atoms with Crippen molar-refractivity contribution in [1.29, 1.82) is 0 Å². The molecule has 1 aliphatic rings. The Labute approximate surface area is 117 Å². The molecule has 3 rings (SSSR count). The number of rotatable bonds is 3. The molecule has 0 radical (unpaired) electrons. The number of nitrogens with two attached hydrogens (primary N) is 1. The molecule has 2 N–H and O–H groups in total. The highest BCUT2D eigenvalue weighted by Crippen LogP contribution is 2.35. The third kappa shape index (κ3) is 2.76. The third-order valence-corrected chi connectivity index (χ3v) is 4.69. The van der Waals surface area contributed by atoms with Crippen molar-refractivity contribution in [2.45, 2.75) is 18.9 Å². The normalized spacial score (nSPS) is 18.3. The first-order valence-corrected chi connectivity index (χ1v) is 7.77. The van der Waals surface area contributed by atoms with Gasteiger partial charge in [-0.15, -0.1) is 0 Å². The van der Waals surface area contributed by atoms with Crippen LogP contribution in [0.4, 0.5) is 5.69 Å². The van der Waals surface area contributed by atoms with Crippen molar-refractivity contribution in [2.24, 2.45) is 5.92 Å². The summed E-state index contributed by atoms with van der Waals surface area (Å²) in [5, 5.41) is 4.42. The summed E-state index contributed by atoms with van der Waals surface area (Å²) >= 11 is 2.04. The second-order valence-electron chi connectivity index (χ2n) is 4.93. The van der Waals surface area contributed by atoms with E-state index in [0.29, 0.717) is 5.92 Å². The fourth-order valence-electron chi connectivity index (χ4n) is 2.73. The van der Waals surface area contributed by atoms with E-state index in [-0.39, 0.29) is 6.04 Å². The van der Waals surface area contributed by atoms with Gasteiger partial charge in [-0.2, -0.15) is 16.9 Å².